The Hall–Kier alpha value is -2.84. The van der Waals surface area contributed by atoms with Crippen molar-refractivity contribution in [3.8, 4) is 5.75 Å². The highest BCUT2D eigenvalue weighted by Crippen LogP contribution is 2.29. The zero-order chi connectivity index (χ0) is 21.7. The second-order valence-corrected chi connectivity index (χ2v) is 9.37. The average Bonchev–Trinajstić information content (AvgIpc) is 3.26. The SMILES string of the molecule is CCOc1ccc(NC(=O)c2sccc2S(=O)(=O)N(C)c2ccc(CC)cc2)cc1. The molecule has 0 atom stereocenters. The lowest BCUT2D eigenvalue weighted by atomic mass is 10.1. The van der Waals surface area contributed by atoms with E-state index in [2.05, 4.69) is 5.32 Å². The maximum atomic E-state index is 13.2. The molecule has 0 aliphatic rings. The largest absolute Gasteiger partial charge is 0.494 e. The summed E-state index contributed by atoms with van der Waals surface area (Å²) in [5.74, 6) is 0.230. The van der Waals surface area contributed by atoms with Gasteiger partial charge in [0.15, 0.2) is 0 Å². The van der Waals surface area contributed by atoms with Gasteiger partial charge in [0.25, 0.3) is 15.9 Å². The van der Waals surface area contributed by atoms with Gasteiger partial charge in [-0.25, -0.2) is 8.42 Å². The summed E-state index contributed by atoms with van der Waals surface area (Å²) in [6.45, 7) is 4.48. The number of amides is 1. The fourth-order valence-electron chi connectivity index (χ4n) is 2.88. The quantitative estimate of drug-likeness (QED) is 0.542. The number of nitrogens with one attached hydrogen (secondary N) is 1. The number of carbonyl (C=O) groups excluding carboxylic acids is 1. The van der Waals surface area contributed by atoms with Crippen LogP contribution in [0.25, 0.3) is 0 Å². The summed E-state index contributed by atoms with van der Waals surface area (Å²) in [5, 5.41) is 4.36. The molecule has 1 aromatic heterocycles. The third-order valence-corrected chi connectivity index (χ3v) is 7.48. The molecule has 1 heterocycles. The second kappa shape index (κ2) is 9.32. The highest BCUT2D eigenvalue weighted by atomic mass is 32.2. The minimum absolute atomic E-state index is 0.0157. The molecular formula is C22H24N2O4S2. The molecule has 3 aromatic rings. The predicted octanol–water partition coefficient (Wildman–Crippen LogP) is 4.79. The van der Waals surface area contributed by atoms with Crippen LogP contribution >= 0.6 is 11.3 Å². The van der Waals surface area contributed by atoms with Crippen LogP contribution in [0, 0.1) is 0 Å². The van der Waals surface area contributed by atoms with Crippen LogP contribution in [0.5, 0.6) is 5.75 Å². The number of hydrogen-bond donors (Lipinski definition) is 1. The Labute approximate surface area is 181 Å². The molecule has 8 heteroatoms. The molecule has 30 heavy (non-hydrogen) atoms. The van der Waals surface area contributed by atoms with Crippen LogP contribution in [0.3, 0.4) is 0 Å². The fraction of sp³-hybridized carbons (Fsp3) is 0.227. The molecule has 0 unspecified atom stereocenters. The molecular weight excluding hydrogens is 420 g/mol. The second-order valence-electron chi connectivity index (χ2n) is 6.52. The summed E-state index contributed by atoms with van der Waals surface area (Å²) in [6, 6.07) is 15.7. The summed E-state index contributed by atoms with van der Waals surface area (Å²) in [5.41, 5.74) is 2.22. The van der Waals surface area contributed by atoms with E-state index < -0.39 is 15.9 Å². The van der Waals surface area contributed by atoms with Gasteiger partial charge in [-0.2, -0.15) is 0 Å². The molecule has 0 saturated carbocycles. The lowest BCUT2D eigenvalue weighted by Gasteiger charge is -2.20. The standard InChI is InChI=1S/C22H24N2O4S2/c1-4-16-6-10-18(11-7-16)24(3)30(26,27)20-14-15-29-21(20)22(25)23-17-8-12-19(13-9-17)28-5-2/h6-15H,4-5H2,1-3H3,(H,23,25). The van der Waals surface area contributed by atoms with Gasteiger partial charge in [-0.15, -0.1) is 11.3 Å². The Kier molecular flexibility index (Phi) is 6.79. The van der Waals surface area contributed by atoms with Crippen molar-refractivity contribution in [2.24, 2.45) is 0 Å². The van der Waals surface area contributed by atoms with E-state index in [0.29, 0.717) is 23.7 Å². The maximum Gasteiger partial charge on any atom is 0.267 e. The number of carbonyl (C=O) groups is 1. The highest BCUT2D eigenvalue weighted by molar-refractivity contribution is 7.93. The lowest BCUT2D eigenvalue weighted by molar-refractivity contribution is 0.102. The Bertz CT molecular complexity index is 1100. The van der Waals surface area contributed by atoms with Gasteiger partial charge in [0, 0.05) is 12.7 Å². The van der Waals surface area contributed by atoms with Crippen molar-refractivity contribution in [1.29, 1.82) is 0 Å². The molecule has 0 aliphatic carbocycles. The summed E-state index contributed by atoms with van der Waals surface area (Å²) >= 11 is 1.09. The number of nitrogens with zero attached hydrogens (tertiary/aromatic N) is 1. The molecule has 2 aromatic carbocycles. The maximum absolute atomic E-state index is 13.2. The van der Waals surface area contributed by atoms with Gasteiger partial charge in [0.1, 0.15) is 15.5 Å². The van der Waals surface area contributed by atoms with E-state index in [1.165, 1.54) is 17.4 Å². The van der Waals surface area contributed by atoms with Crippen molar-refractivity contribution in [1.82, 2.24) is 0 Å². The van der Waals surface area contributed by atoms with E-state index in [0.717, 1.165) is 23.3 Å². The number of aryl methyl sites for hydroxylation is 1. The molecule has 3 rings (SSSR count). The first kappa shape index (κ1) is 21.9. The summed E-state index contributed by atoms with van der Waals surface area (Å²) < 4.78 is 32.9. The molecule has 0 bridgehead atoms. The molecule has 6 nitrogen and oxygen atoms in total. The number of thiophene rings is 1. The van der Waals surface area contributed by atoms with E-state index in [-0.39, 0.29) is 9.77 Å². The normalized spacial score (nSPS) is 11.2. The molecule has 158 valence electrons. The molecule has 0 spiro atoms. The van der Waals surface area contributed by atoms with Gasteiger partial charge < -0.3 is 10.1 Å². The van der Waals surface area contributed by atoms with Crippen molar-refractivity contribution in [3.63, 3.8) is 0 Å². The molecule has 1 amide bonds. The van der Waals surface area contributed by atoms with Gasteiger partial charge in [-0.3, -0.25) is 9.10 Å². The van der Waals surface area contributed by atoms with E-state index in [1.807, 2.05) is 26.0 Å². The van der Waals surface area contributed by atoms with Crippen LogP contribution < -0.4 is 14.4 Å². The number of hydrogen-bond acceptors (Lipinski definition) is 5. The predicted molar refractivity (Wildman–Crippen MR) is 121 cm³/mol. The van der Waals surface area contributed by atoms with Crippen LogP contribution in [-0.2, 0) is 16.4 Å². The minimum Gasteiger partial charge on any atom is -0.494 e. The van der Waals surface area contributed by atoms with Gasteiger partial charge in [0.2, 0.25) is 0 Å². The monoisotopic (exact) mass is 444 g/mol. The third kappa shape index (κ3) is 4.66. The first-order valence-electron chi connectivity index (χ1n) is 9.56. The zero-order valence-corrected chi connectivity index (χ0v) is 18.7. The molecule has 0 fully saturated rings. The zero-order valence-electron chi connectivity index (χ0n) is 17.1. The third-order valence-electron chi connectivity index (χ3n) is 4.61. The Morgan fingerprint density at radius 3 is 2.30 bits per heavy atom. The van der Waals surface area contributed by atoms with Crippen molar-refractivity contribution in [2.75, 3.05) is 23.3 Å². The number of anilines is 2. The number of ether oxygens (including phenoxy) is 1. The fourth-order valence-corrected chi connectivity index (χ4v) is 5.37. The van der Waals surface area contributed by atoms with E-state index in [9.17, 15) is 13.2 Å². The smallest absolute Gasteiger partial charge is 0.267 e. The first-order valence-corrected chi connectivity index (χ1v) is 11.9. The average molecular weight is 445 g/mol. The van der Waals surface area contributed by atoms with Crippen LogP contribution in [0.1, 0.15) is 29.1 Å². The summed E-state index contributed by atoms with van der Waals surface area (Å²) in [6.07, 6.45) is 0.872. The lowest BCUT2D eigenvalue weighted by Crippen LogP contribution is -2.28. The molecule has 0 radical (unpaired) electrons. The van der Waals surface area contributed by atoms with Gasteiger partial charge >= 0.3 is 0 Å². The molecule has 0 aliphatic heterocycles. The van der Waals surface area contributed by atoms with E-state index >= 15 is 0 Å². The number of rotatable bonds is 8. The Morgan fingerprint density at radius 2 is 1.70 bits per heavy atom. The Balaban J connectivity index is 1.82. The Morgan fingerprint density at radius 1 is 1.03 bits per heavy atom. The van der Waals surface area contributed by atoms with Crippen LogP contribution in [0.15, 0.2) is 64.9 Å². The number of benzene rings is 2. The first-order chi connectivity index (χ1) is 14.4. The van der Waals surface area contributed by atoms with Crippen molar-refractivity contribution >= 4 is 38.6 Å². The van der Waals surface area contributed by atoms with E-state index in [1.54, 1.807) is 41.8 Å². The summed E-state index contributed by atoms with van der Waals surface area (Å²) in [4.78, 5) is 12.9. The topological polar surface area (TPSA) is 75.7 Å². The van der Waals surface area contributed by atoms with Crippen molar-refractivity contribution in [3.05, 3.63) is 70.4 Å². The van der Waals surface area contributed by atoms with Crippen molar-refractivity contribution < 1.29 is 17.9 Å². The van der Waals surface area contributed by atoms with Crippen LogP contribution in [0.2, 0.25) is 0 Å². The molecule has 1 N–H and O–H groups in total. The van der Waals surface area contributed by atoms with Gasteiger partial charge in [-0.05, 0) is 66.8 Å². The van der Waals surface area contributed by atoms with Gasteiger partial charge in [-0.1, -0.05) is 19.1 Å². The molecule has 0 saturated heterocycles. The minimum atomic E-state index is -3.89. The van der Waals surface area contributed by atoms with Crippen molar-refractivity contribution in [2.45, 2.75) is 25.2 Å². The number of sulfonamides is 1. The van der Waals surface area contributed by atoms with Crippen LogP contribution in [0.4, 0.5) is 11.4 Å². The summed E-state index contributed by atoms with van der Waals surface area (Å²) in [7, 11) is -2.40. The van der Waals surface area contributed by atoms with Crippen LogP contribution in [-0.4, -0.2) is 28.0 Å². The van der Waals surface area contributed by atoms with Gasteiger partial charge in [0.05, 0.1) is 12.3 Å². The highest BCUT2D eigenvalue weighted by Gasteiger charge is 2.28. The van der Waals surface area contributed by atoms with E-state index in [4.69, 9.17) is 4.74 Å².